The summed E-state index contributed by atoms with van der Waals surface area (Å²) in [4.78, 5) is 4.85. The van der Waals surface area contributed by atoms with E-state index in [9.17, 15) is 0 Å². The Kier molecular flexibility index (Phi) is 10.00. The van der Waals surface area contributed by atoms with Crippen molar-refractivity contribution in [2.24, 2.45) is 5.92 Å². The zero-order chi connectivity index (χ0) is 44.2. The van der Waals surface area contributed by atoms with Crippen LogP contribution in [0.25, 0.3) is 71.3 Å². The van der Waals surface area contributed by atoms with Crippen LogP contribution in [0.4, 0.5) is 22.7 Å². The van der Waals surface area contributed by atoms with Crippen molar-refractivity contribution >= 4 is 66.1 Å². The van der Waals surface area contributed by atoms with E-state index >= 15 is 0 Å². The van der Waals surface area contributed by atoms with Crippen molar-refractivity contribution in [3.05, 3.63) is 224 Å². The normalized spacial score (nSPS) is 14.0. The summed E-state index contributed by atoms with van der Waals surface area (Å²) in [5.41, 5.74) is 15.3. The monoisotopic (exact) mass is 839 g/mol. The molecule has 0 fully saturated rings. The lowest BCUT2D eigenvalue weighted by molar-refractivity contribution is 0.592. The second kappa shape index (κ2) is 16.2. The maximum atomic E-state index is 2.49. The smallest absolute Gasteiger partial charge is 0.0541 e. The highest BCUT2D eigenvalue weighted by molar-refractivity contribution is 6.11. The summed E-state index contributed by atoms with van der Waals surface area (Å²) in [5.74, 6) is 0.481. The number of aromatic nitrogens is 1. The molecule has 0 N–H and O–H groups in total. The summed E-state index contributed by atoms with van der Waals surface area (Å²) >= 11 is 0. The molecule has 0 aliphatic heterocycles. The van der Waals surface area contributed by atoms with E-state index in [4.69, 9.17) is 0 Å². The highest BCUT2D eigenvalue weighted by Crippen LogP contribution is 2.44. The van der Waals surface area contributed by atoms with Crippen molar-refractivity contribution in [3.8, 4) is 27.9 Å². The van der Waals surface area contributed by atoms with Crippen LogP contribution in [0.3, 0.4) is 0 Å². The van der Waals surface area contributed by atoms with Gasteiger partial charge in [0.15, 0.2) is 0 Å². The van der Waals surface area contributed by atoms with Gasteiger partial charge >= 0.3 is 0 Å². The molecule has 1 heterocycles. The lowest BCUT2D eigenvalue weighted by atomic mass is 9.81. The molecule has 1 unspecified atom stereocenters. The van der Waals surface area contributed by atoms with Crippen LogP contribution in [0.15, 0.2) is 218 Å². The molecular weight excluding hydrogens is 787 g/mol. The Morgan fingerprint density at radius 3 is 2.02 bits per heavy atom. The van der Waals surface area contributed by atoms with Crippen LogP contribution in [-0.4, -0.2) is 11.6 Å². The first kappa shape index (κ1) is 40.2. The van der Waals surface area contributed by atoms with Gasteiger partial charge < -0.3 is 14.4 Å². The van der Waals surface area contributed by atoms with Crippen LogP contribution >= 0.6 is 0 Å². The lowest BCUT2D eigenvalue weighted by Gasteiger charge is -2.32. The van der Waals surface area contributed by atoms with Crippen molar-refractivity contribution in [1.29, 1.82) is 0 Å². The van der Waals surface area contributed by atoms with Crippen LogP contribution in [0.1, 0.15) is 39.7 Å². The molecule has 0 amide bonds. The van der Waals surface area contributed by atoms with Crippen molar-refractivity contribution in [2.45, 2.75) is 39.5 Å². The summed E-state index contributed by atoms with van der Waals surface area (Å²) in [6.07, 6.45) is 8.08. The first-order valence-electron chi connectivity index (χ1n) is 23.0. The number of anilines is 4. The van der Waals surface area contributed by atoms with Crippen molar-refractivity contribution in [2.75, 3.05) is 16.8 Å². The first-order valence-corrected chi connectivity index (χ1v) is 23.0. The van der Waals surface area contributed by atoms with Crippen LogP contribution < -0.4 is 9.80 Å². The van der Waals surface area contributed by atoms with E-state index in [0.29, 0.717) is 5.92 Å². The fourth-order valence-electron chi connectivity index (χ4n) is 9.96. The van der Waals surface area contributed by atoms with E-state index in [-0.39, 0.29) is 5.41 Å². The van der Waals surface area contributed by atoms with Crippen LogP contribution in [0, 0.1) is 5.92 Å². The Balaban J connectivity index is 1.13. The van der Waals surface area contributed by atoms with Gasteiger partial charge in [-0.2, -0.15) is 0 Å². The van der Waals surface area contributed by atoms with Gasteiger partial charge in [-0.1, -0.05) is 167 Å². The summed E-state index contributed by atoms with van der Waals surface area (Å²) in [6, 6.07) is 71.7. The Labute approximate surface area is 382 Å². The Bertz CT molecular complexity index is 3480. The maximum Gasteiger partial charge on any atom is 0.0541 e. The average Bonchev–Trinajstić information content (AvgIpc) is 3.67. The molecule has 316 valence electrons. The SMILES string of the molecule is CC1C=CC(N(c2cc(-c3ccc4c(c3)c3ccccc3n4-c3ccc4ccccc4c3)cc(N(C)c3cccc4ccccc34)c2)c2ccc(-c3ccccc3)c(C(C)(C)C)c2)=CC1. The van der Waals surface area contributed by atoms with E-state index in [2.05, 4.69) is 261 Å². The molecule has 0 saturated carbocycles. The standard InChI is InChI=1S/C62H53N3/c1-42-26-30-49(31-27-42)64(51-33-34-54(44-17-7-6-8-18-44)58(41-51)62(2,3)4)53-38-48(37-52(40-53)63(5)59-25-15-21-45-19-11-12-22-55(45)59)47-29-35-61-57(39-47)56-23-13-14-24-60(56)65(61)50-32-28-43-16-9-10-20-46(43)36-50/h6-26,28-42H,27H2,1-5H3. The third kappa shape index (κ3) is 7.37. The van der Waals surface area contributed by atoms with Gasteiger partial charge in [-0.05, 0) is 135 Å². The van der Waals surface area contributed by atoms with Crippen LogP contribution in [0.5, 0.6) is 0 Å². The maximum absolute atomic E-state index is 2.49. The van der Waals surface area contributed by atoms with E-state index in [1.54, 1.807) is 0 Å². The van der Waals surface area contributed by atoms with Gasteiger partial charge in [-0.3, -0.25) is 0 Å². The molecule has 1 aromatic heterocycles. The Hall–Kier alpha value is -7.62. The van der Waals surface area contributed by atoms with Gasteiger partial charge in [0.05, 0.1) is 11.0 Å². The van der Waals surface area contributed by atoms with Crippen LogP contribution in [0.2, 0.25) is 0 Å². The third-order valence-corrected chi connectivity index (χ3v) is 13.4. The van der Waals surface area contributed by atoms with Crippen molar-refractivity contribution < 1.29 is 0 Å². The molecule has 1 aliphatic rings. The summed E-state index contributed by atoms with van der Waals surface area (Å²) < 4.78 is 2.42. The van der Waals surface area contributed by atoms with Gasteiger partial charge in [-0.15, -0.1) is 0 Å². The van der Waals surface area contributed by atoms with E-state index in [0.717, 1.165) is 34.7 Å². The third-order valence-electron chi connectivity index (χ3n) is 13.4. The number of hydrogen-bond acceptors (Lipinski definition) is 2. The highest BCUT2D eigenvalue weighted by atomic mass is 15.2. The van der Waals surface area contributed by atoms with E-state index in [1.807, 2.05) is 0 Å². The number of hydrogen-bond donors (Lipinski definition) is 0. The Morgan fingerprint density at radius 1 is 0.508 bits per heavy atom. The molecule has 0 spiro atoms. The summed E-state index contributed by atoms with van der Waals surface area (Å²) in [7, 11) is 2.21. The molecule has 11 rings (SSSR count). The van der Waals surface area contributed by atoms with Crippen molar-refractivity contribution in [3.63, 3.8) is 0 Å². The number of para-hydroxylation sites is 1. The second-order valence-corrected chi connectivity index (χ2v) is 18.8. The number of rotatable bonds is 8. The highest BCUT2D eigenvalue weighted by Gasteiger charge is 2.25. The number of fused-ring (bicyclic) bond motifs is 5. The quantitative estimate of drug-likeness (QED) is 0.151. The average molecular weight is 840 g/mol. The fourth-order valence-corrected chi connectivity index (χ4v) is 9.96. The number of allylic oxidation sites excluding steroid dienone is 3. The molecule has 0 bridgehead atoms. The molecule has 1 atom stereocenters. The minimum atomic E-state index is -0.0960. The van der Waals surface area contributed by atoms with E-state index < -0.39 is 0 Å². The van der Waals surface area contributed by atoms with Gasteiger partial charge in [-0.25, -0.2) is 0 Å². The van der Waals surface area contributed by atoms with Gasteiger partial charge in [0.25, 0.3) is 0 Å². The first-order chi connectivity index (χ1) is 31.7. The molecule has 3 heteroatoms. The molecule has 10 aromatic rings. The summed E-state index contributed by atoms with van der Waals surface area (Å²) in [5, 5.41) is 7.40. The van der Waals surface area contributed by atoms with E-state index in [1.165, 1.54) is 77.0 Å². The Morgan fingerprint density at radius 2 is 1.22 bits per heavy atom. The van der Waals surface area contributed by atoms with Crippen LogP contribution in [-0.2, 0) is 5.41 Å². The zero-order valence-corrected chi connectivity index (χ0v) is 37.8. The number of benzene rings is 9. The van der Waals surface area contributed by atoms with Crippen molar-refractivity contribution in [1.82, 2.24) is 4.57 Å². The predicted octanol–water partition coefficient (Wildman–Crippen LogP) is 17.1. The molecule has 1 aliphatic carbocycles. The molecule has 3 nitrogen and oxygen atoms in total. The molecule has 0 saturated heterocycles. The largest absolute Gasteiger partial charge is 0.344 e. The number of nitrogens with zero attached hydrogens (tertiary/aromatic N) is 3. The van der Waals surface area contributed by atoms with Gasteiger partial charge in [0.1, 0.15) is 0 Å². The second-order valence-electron chi connectivity index (χ2n) is 18.8. The minimum Gasteiger partial charge on any atom is -0.344 e. The van der Waals surface area contributed by atoms with Gasteiger partial charge in [0, 0.05) is 57.3 Å². The lowest BCUT2D eigenvalue weighted by Crippen LogP contribution is -2.20. The van der Waals surface area contributed by atoms with Gasteiger partial charge in [0.2, 0.25) is 0 Å². The summed E-state index contributed by atoms with van der Waals surface area (Å²) in [6.45, 7) is 9.28. The molecular formula is C62H53N3. The minimum absolute atomic E-state index is 0.0960. The zero-order valence-electron chi connectivity index (χ0n) is 37.8. The molecule has 65 heavy (non-hydrogen) atoms. The molecule has 0 radical (unpaired) electrons. The fraction of sp³-hybridized carbons (Fsp3) is 0.129. The topological polar surface area (TPSA) is 11.4 Å². The predicted molar refractivity (Wildman–Crippen MR) is 279 cm³/mol. The molecule has 9 aromatic carbocycles.